The van der Waals surface area contributed by atoms with Crippen molar-refractivity contribution in [2.45, 2.75) is 37.8 Å². The monoisotopic (exact) mass is 342 g/mol. The van der Waals surface area contributed by atoms with Gasteiger partial charge in [0, 0.05) is 24.6 Å². The van der Waals surface area contributed by atoms with Gasteiger partial charge in [-0.1, -0.05) is 23.4 Å². The van der Waals surface area contributed by atoms with Crippen LogP contribution >= 0.6 is 0 Å². The van der Waals surface area contributed by atoms with Gasteiger partial charge in [0.1, 0.15) is 6.10 Å². The number of hydrogen-bond donors (Lipinski definition) is 1. The Balaban J connectivity index is 1.40. The van der Waals surface area contributed by atoms with Gasteiger partial charge in [-0.25, -0.2) is 0 Å². The summed E-state index contributed by atoms with van der Waals surface area (Å²) in [5.41, 5.74) is 6.85. The standard InChI is InChI=1S/C18H22N4O3/c19-17(23)14-6-2-1-4-12(14)7-8-16-20-18(21-25-16)15-10-22-9-3-5-13(22)11-24-15/h1-2,4,6,13,15H,3,5,7-11H2,(H2,19,23)/t13-,15+/m0/s1. The summed E-state index contributed by atoms with van der Waals surface area (Å²) < 4.78 is 11.3. The number of nitrogens with zero attached hydrogens (tertiary/aromatic N) is 3. The Bertz CT molecular complexity index is 760. The average Bonchev–Trinajstić information content (AvgIpc) is 3.28. The van der Waals surface area contributed by atoms with Gasteiger partial charge in [-0.05, 0) is 37.4 Å². The molecule has 25 heavy (non-hydrogen) atoms. The van der Waals surface area contributed by atoms with Crippen LogP contribution < -0.4 is 5.73 Å². The second-order valence-electron chi connectivity index (χ2n) is 6.68. The zero-order valence-electron chi connectivity index (χ0n) is 14.1. The number of nitrogens with two attached hydrogens (primary N) is 1. The molecular weight excluding hydrogens is 320 g/mol. The van der Waals surface area contributed by atoms with Crippen molar-refractivity contribution in [2.24, 2.45) is 5.73 Å². The van der Waals surface area contributed by atoms with Gasteiger partial charge in [0.15, 0.2) is 0 Å². The normalized spacial score (nSPS) is 23.5. The maximum absolute atomic E-state index is 11.5. The van der Waals surface area contributed by atoms with Gasteiger partial charge in [-0.15, -0.1) is 0 Å². The molecule has 2 atom stereocenters. The lowest BCUT2D eigenvalue weighted by Gasteiger charge is -2.33. The fourth-order valence-corrected chi connectivity index (χ4v) is 3.69. The molecule has 1 aromatic heterocycles. The van der Waals surface area contributed by atoms with Gasteiger partial charge in [-0.3, -0.25) is 9.69 Å². The van der Waals surface area contributed by atoms with Gasteiger partial charge in [0.25, 0.3) is 0 Å². The number of aryl methyl sites for hydroxylation is 2. The van der Waals surface area contributed by atoms with Crippen molar-refractivity contribution in [1.82, 2.24) is 15.0 Å². The van der Waals surface area contributed by atoms with E-state index in [-0.39, 0.29) is 6.10 Å². The van der Waals surface area contributed by atoms with E-state index in [9.17, 15) is 4.79 Å². The molecule has 0 spiro atoms. The van der Waals surface area contributed by atoms with Crippen molar-refractivity contribution >= 4 is 5.91 Å². The van der Waals surface area contributed by atoms with Gasteiger partial charge in [0.05, 0.1) is 6.61 Å². The van der Waals surface area contributed by atoms with E-state index in [0.717, 1.165) is 25.3 Å². The predicted octanol–water partition coefficient (Wildman–Crippen LogP) is 1.49. The molecule has 2 N–H and O–H groups in total. The number of fused-ring (bicyclic) bond motifs is 1. The first-order chi connectivity index (χ1) is 12.2. The molecule has 2 saturated heterocycles. The maximum atomic E-state index is 11.5. The number of morpholine rings is 1. The lowest BCUT2D eigenvalue weighted by molar-refractivity contribution is -0.0548. The Kier molecular flexibility index (Phi) is 4.50. The highest BCUT2D eigenvalue weighted by atomic mass is 16.5. The van der Waals surface area contributed by atoms with Crippen molar-refractivity contribution in [3.05, 3.63) is 47.1 Å². The summed E-state index contributed by atoms with van der Waals surface area (Å²) in [5, 5.41) is 4.09. The Hall–Kier alpha value is -2.25. The molecule has 3 heterocycles. The van der Waals surface area contributed by atoms with Gasteiger partial charge < -0.3 is 15.0 Å². The van der Waals surface area contributed by atoms with E-state index in [2.05, 4.69) is 15.0 Å². The summed E-state index contributed by atoms with van der Waals surface area (Å²) in [7, 11) is 0. The minimum absolute atomic E-state index is 0.121. The largest absolute Gasteiger partial charge is 0.367 e. The number of ether oxygens (including phenoxy) is 1. The van der Waals surface area contributed by atoms with E-state index >= 15 is 0 Å². The third-order valence-electron chi connectivity index (χ3n) is 5.05. The van der Waals surface area contributed by atoms with E-state index in [1.807, 2.05) is 12.1 Å². The van der Waals surface area contributed by atoms with Crippen LogP contribution in [0.4, 0.5) is 0 Å². The van der Waals surface area contributed by atoms with Crippen LogP contribution in [-0.2, 0) is 17.6 Å². The smallest absolute Gasteiger partial charge is 0.248 e. The molecule has 1 amide bonds. The highest BCUT2D eigenvalue weighted by Crippen LogP contribution is 2.28. The third-order valence-corrected chi connectivity index (χ3v) is 5.05. The van der Waals surface area contributed by atoms with E-state index in [4.69, 9.17) is 15.0 Å². The SMILES string of the molecule is NC(=O)c1ccccc1CCc1nc([C@H]2CN3CCC[C@H]3CO2)no1. The molecule has 0 radical (unpaired) electrons. The minimum atomic E-state index is -0.419. The molecule has 132 valence electrons. The van der Waals surface area contributed by atoms with Crippen molar-refractivity contribution in [3.8, 4) is 0 Å². The molecule has 2 fully saturated rings. The molecule has 4 rings (SSSR count). The molecule has 2 aliphatic rings. The quantitative estimate of drug-likeness (QED) is 0.885. The topological polar surface area (TPSA) is 94.5 Å². The predicted molar refractivity (Wildman–Crippen MR) is 90.0 cm³/mol. The summed E-state index contributed by atoms with van der Waals surface area (Å²) in [6.07, 6.45) is 3.52. The van der Waals surface area contributed by atoms with Crippen LogP contribution in [0, 0.1) is 0 Å². The fourth-order valence-electron chi connectivity index (χ4n) is 3.69. The summed E-state index contributed by atoms with van der Waals surface area (Å²) in [6, 6.07) is 7.88. The fraction of sp³-hybridized carbons (Fsp3) is 0.500. The molecule has 7 nitrogen and oxygen atoms in total. The summed E-state index contributed by atoms with van der Waals surface area (Å²) >= 11 is 0. The van der Waals surface area contributed by atoms with Gasteiger partial charge in [-0.2, -0.15) is 4.98 Å². The summed E-state index contributed by atoms with van der Waals surface area (Å²) in [6.45, 7) is 2.69. The average molecular weight is 342 g/mol. The van der Waals surface area contributed by atoms with Crippen LogP contribution in [0.2, 0.25) is 0 Å². The number of aromatic nitrogens is 2. The van der Waals surface area contributed by atoms with E-state index < -0.39 is 5.91 Å². The molecule has 0 unspecified atom stereocenters. The maximum Gasteiger partial charge on any atom is 0.248 e. The Morgan fingerprint density at radius 2 is 2.20 bits per heavy atom. The number of amides is 1. The number of hydrogen-bond acceptors (Lipinski definition) is 6. The van der Waals surface area contributed by atoms with Crippen molar-refractivity contribution < 1.29 is 14.1 Å². The molecule has 0 aliphatic carbocycles. The first-order valence-corrected chi connectivity index (χ1v) is 8.76. The van der Waals surface area contributed by atoms with Crippen molar-refractivity contribution in [3.63, 3.8) is 0 Å². The van der Waals surface area contributed by atoms with Crippen LogP contribution in [0.25, 0.3) is 0 Å². The number of carbonyl (C=O) groups is 1. The Labute approximate surface area is 146 Å². The van der Waals surface area contributed by atoms with Crippen LogP contribution in [0.15, 0.2) is 28.8 Å². The second-order valence-corrected chi connectivity index (χ2v) is 6.68. The van der Waals surface area contributed by atoms with E-state index in [1.54, 1.807) is 12.1 Å². The van der Waals surface area contributed by atoms with Gasteiger partial charge >= 0.3 is 0 Å². The van der Waals surface area contributed by atoms with Crippen LogP contribution in [-0.4, -0.2) is 46.7 Å². The first-order valence-electron chi connectivity index (χ1n) is 8.76. The molecule has 1 aromatic carbocycles. The number of rotatable bonds is 5. The lowest BCUT2D eigenvalue weighted by Crippen LogP contribution is -2.42. The van der Waals surface area contributed by atoms with E-state index in [0.29, 0.717) is 36.2 Å². The van der Waals surface area contributed by atoms with Crippen LogP contribution in [0.5, 0.6) is 0 Å². The second kappa shape index (κ2) is 6.93. The number of primary amides is 1. The molecule has 2 aliphatic heterocycles. The zero-order chi connectivity index (χ0) is 17.2. The van der Waals surface area contributed by atoms with Crippen molar-refractivity contribution in [2.75, 3.05) is 19.7 Å². The van der Waals surface area contributed by atoms with Gasteiger partial charge in [0.2, 0.25) is 17.6 Å². The third kappa shape index (κ3) is 3.43. The molecule has 7 heteroatoms. The number of benzene rings is 1. The summed E-state index contributed by atoms with van der Waals surface area (Å²) in [5.74, 6) is 0.752. The summed E-state index contributed by atoms with van der Waals surface area (Å²) in [4.78, 5) is 18.4. The van der Waals surface area contributed by atoms with Crippen LogP contribution in [0.3, 0.4) is 0 Å². The Morgan fingerprint density at radius 3 is 3.08 bits per heavy atom. The highest BCUT2D eigenvalue weighted by Gasteiger charge is 2.34. The van der Waals surface area contributed by atoms with Crippen LogP contribution in [0.1, 0.15) is 46.6 Å². The zero-order valence-corrected chi connectivity index (χ0v) is 14.1. The molecule has 0 saturated carbocycles. The number of carbonyl (C=O) groups excluding carboxylic acids is 1. The highest BCUT2D eigenvalue weighted by molar-refractivity contribution is 5.94. The lowest BCUT2D eigenvalue weighted by atomic mass is 10.0. The molecule has 0 bridgehead atoms. The van der Waals surface area contributed by atoms with E-state index in [1.165, 1.54) is 12.8 Å². The van der Waals surface area contributed by atoms with Crippen molar-refractivity contribution in [1.29, 1.82) is 0 Å². The minimum Gasteiger partial charge on any atom is -0.367 e. The molecule has 2 aromatic rings. The Morgan fingerprint density at radius 1 is 1.32 bits per heavy atom. The molecular formula is C18H22N4O3. The first kappa shape index (κ1) is 16.2.